The molecule has 36 heavy (non-hydrogen) atoms. The number of rotatable bonds is 7. The molecule has 0 bridgehead atoms. The zero-order valence-electron chi connectivity index (χ0n) is 19.7. The minimum absolute atomic E-state index is 0.192. The molecule has 0 spiro atoms. The molecule has 1 heterocycles. The standard InChI is InChI=1S/C25H22O10S/c1-13-5-11-16(12-6-13)36(29,30)35-24-19(27)17-18(26)20(28)23(32-3)25(33-4)22(17)34-21(24)14-7-9-15(31-2)10-8-14/h5-12,26,28H,1-4H3. The third kappa shape index (κ3) is 4.13. The lowest BCUT2D eigenvalue weighted by atomic mass is 10.1. The molecule has 11 heteroatoms. The quantitative estimate of drug-likeness (QED) is 0.275. The van der Waals surface area contributed by atoms with Gasteiger partial charge in [-0.3, -0.25) is 4.79 Å². The highest BCUT2D eigenvalue weighted by molar-refractivity contribution is 7.87. The Labute approximate surface area is 206 Å². The summed E-state index contributed by atoms with van der Waals surface area (Å²) in [4.78, 5) is 13.4. The lowest BCUT2D eigenvalue weighted by Crippen LogP contribution is -2.17. The molecule has 0 atom stereocenters. The summed E-state index contributed by atoms with van der Waals surface area (Å²) in [7, 11) is -0.566. The summed E-state index contributed by atoms with van der Waals surface area (Å²) in [6, 6.07) is 12.0. The number of aromatic hydroxyl groups is 2. The van der Waals surface area contributed by atoms with Crippen LogP contribution in [0.1, 0.15) is 5.56 Å². The topological polar surface area (TPSA) is 142 Å². The lowest BCUT2D eigenvalue weighted by molar-refractivity contribution is 0.321. The number of phenols is 2. The van der Waals surface area contributed by atoms with E-state index in [1.54, 1.807) is 31.2 Å². The Morgan fingerprint density at radius 1 is 0.778 bits per heavy atom. The third-order valence-corrected chi connectivity index (χ3v) is 6.66. The zero-order chi connectivity index (χ0) is 26.2. The van der Waals surface area contributed by atoms with Gasteiger partial charge in [0.25, 0.3) is 0 Å². The summed E-state index contributed by atoms with van der Waals surface area (Å²) in [5.74, 6) is -2.66. The highest BCUT2D eigenvalue weighted by Gasteiger charge is 2.31. The zero-order valence-corrected chi connectivity index (χ0v) is 20.5. The van der Waals surface area contributed by atoms with E-state index in [4.69, 9.17) is 22.8 Å². The minimum atomic E-state index is -4.50. The van der Waals surface area contributed by atoms with E-state index < -0.39 is 38.2 Å². The molecule has 0 unspecified atom stereocenters. The maximum Gasteiger partial charge on any atom is 0.339 e. The number of hydrogen-bond donors (Lipinski definition) is 2. The first-order chi connectivity index (χ1) is 17.1. The van der Waals surface area contributed by atoms with Crippen LogP contribution in [0.3, 0.4) is 0 Å². The van der Waals surface area contributed by atoms with E-state index in [0.29, 0.717) is 5.75 Å². The van der Waals surface area contributed by atoms with Gasteiger partial charge in [-0.15, -0.1) is 0 Å². The van der Waals surface area contributed by atoms with Gasteiger partial charge in [-0.25, -0.2) is 0 Å². The van der Waals surface area contributed by atoms with E-state index in [9.17, 15) is 23.4 Å². The van der Waals surface area contributed by atoms with Crippen LogP contribution in [-0.4, -0.2) is 40.0 Å². The van der Waals surface area contributed by atoms with Crippen molar-refractivity contribution >= 4 is 21.1 Å². The van der Waals surface area contributed by atoms with Crippen molar-refractivity contribution in [2.75, 3.05) is 21.3 Å². The van der Waals surface area contributed by atoms with Crippen LogP contribution in [0.2, 0.25) is 0 Å². The van der Waals surface area contributed by atoms with E-state index in [-0.39, 0.29) is 33.3 Å². The average Bonchev–Trinajstić information content (AvgIpc) is 2.87. The largest absolute Gasteiger partial charge is 0.504 e. The van der Waals surface area contributed by atoms with Crippen molar-refractivity contribution in [3.63, 3.8) is 0 Å². The summed E-state index contributed by atoms with van der Waals surface area (Å²) in [6.45, 7) is 1.79. The van der Waals surface area contributed by atoms with Crippen LogP contribution < -0.4 is 23.8 Å². The maximum atomic E-state index is 13.6. The monoisotopic (exact) mass is 514 g/mol. The SMILES string of the molecule is COc1ccc(-c2oc3c(OC)c(OC)c(O)c(O)c3c(=O)c2OS(=O)(=O)c2ccc(C)cc2)cc1. The molecule has 0 aliphatic heterocycles. The summed E-state index contributed by atoms with van der Waals surface area (Å²) < 4.78 is 52.9. The average molecular weight is 515 g/mol. The van der Waals surface area contributed by atoms with Crippen LogP contribution in [0.15, 0.2) is 62.6 Å². The molecule has 0 radical (unpaired) electrons. The Hall–Kier alpha value is -4.38. The van der Waals surface area contributed by atoms with Crippen LogP contribution in [0, 0.1) is 6.92 Å². The third-order valence-electron chi connectivity index (χ3n) is 5.42. The van der Waals surface area contributed by atoms with Crippen molar-refractivity contribution in [1.82, 2.24) is 0 Å². The lowest BCUT2D eigenvalue weighted by Gasteiger charge is -2.16. The molecule has 1 aromatic heterocycles. The van der Waals surface area contributed by atoms with E-state index >= 15 is 0 Å². The Bertz CT molecular complexity index is 1600. The number of hydrogen-bond acceptors (Lipinski definition) is 10. The van der Waals surface area contributed by atoms with E-state index in [1.807, 2.05) is 0 Å². The van der Waals surface area contributed by atoms with Crippen LogP contribution >= 0.6 is 0 Å². The summed E-state index contributed by atoms with van der Waals surface area (Å²) in [5.41, 5.74) is -0.274. The Balaban J connectivity index is 2.07. The molecular weight excluding hydrogens is 492 g/mol. The van der Waals surface area contributed by atoms with Crippen LogP contribution in [0.5, 0.6) is 34.5 Å². The van der Waals surface area contributed by atoms with Gasteiger partial charge < -0.3 is 33.0 Å². The number of phenolic OH excluding ortho intramolecular Hbond substituents is 2. The first kappa shape index (κ1) is 24.7. The van der Waals surface area contributed by atoms with E-state index in [2.05, 4.69) is 0 Å². The Morgan fingerprint density at radius 2 is 1.39 bits per heavy atom. The van der Waals surface area contributed by atoms with Crippen LogP contribution in [0.25, 0.3) is 22.3 Å². The fourth-order valence-electron chi connectivity index (χ4n) is 3.58. The molecule has 0 aliphatic rings. The predicted molar refractivity (Wildman–Crippen MR) is 130 cm³/mol. The number of methoxy groups -OCH3 is 3. The predicted octanol–water partition coefficient (Wildman–Crippen LogP) is 3.97. The number of ether oxygens (including phenoxy) is 3. The fraction of sp³-hybridized carbons (Fsp3) is 0.160. The smallest absolute Gasteiger partial charge is 0.339 e. The Kier molecular flexibility index (Phi) is 6.42. The van der Waals surface area contributed by atoms with Crippen molar-refractivity contribution in [3.05, 3.63) is 64.3 Å². The summed E-state index contributed by atoms with van der Waals surface area (Å²) in [5, 5.41) is 20.4. The minimum Gasteiger partial charge on any atom is -0.504 e. The molecule has 10 nitrogen and oxygen atoms in total. The van der Waals surface area contributed by atoms with Crippen molar-refractivity contribution in [2.24, 2.45) is 0 Å². The Morgan fingerprint density at radius 3 is 1.94 bits per heavy atom. The van der Waals surface area contributed by atoms with Gasteiger partial charge in [0.05, 0.1) is 21.3 Å². The van der Waals surface area contributed by atoms with Crippen LogP contribution in [0.4, 0.5) is 0 Å². The van der Waals surface area contributed by atoms with Gasteiger partial charge in [-0.05, 0) is 43.3 Å². The molecular formula is C25H22O10S. The van der Waals surface area contributed by atoms with Gasteiger partial charge in [0.2, 0.25) is 28.4 Å². The second-order valence-electron chi connectivity index (χ2n) is 7.64. The van der Waals surface area contributed by atoms with Gasteiger partial charge in [0.15, 0.2) is 17.1 Å². The van der Waals surface area contributed by atoms with Crippen molar-refractivity contribution in [3.8, 4) is 45.8 Å². The number of fused-ring (bicyclic) bond motifs is 1. The molecule has 0 saturated heterocycles. The highest BCUT2D eigenvalue weighted by atomic mass is 32.2. The van der Waals surface area contributed by atoms with Gasteiger partial charge >= 0.3 is 10.1 Å². The molecule has 4 rings (SSSR count). The number of aryl methyl sites for hydroxylation is 1. The molecule has 0 amide bonds. The molecule has 2 N–H and O–H groups in total. The van der Waals surface area contributed by atoms with Crippen LogP contribution in [-0.2, 0) is 10.1 Å². The van der Waals surface area contributed by atoms with Gasteiger partial charge in [-0.2, -0.15) is 8.42 Å². The van der Waals surface area contributed by atoms with Crippen molar-refractivity contribution < 1.29 is 41.4 Å². The van der Waals surface area contributed by atoms with Crippen molar-refractivity contribution in [2.45, 2.75) is 11.8 Å². The molecule has 0 fully saturated rings. The molecule has 188 valence electrons. The van der Waals surface area contributed by atoms with Gasteiger partial charge in [0, 0.05) is 5.56 Å². The van der Waals surface area contributed by atoms with Gasteiger partial charge in [0.1, 0.15) is 16.0 Å². The summed E-state index contributed by atoms with van der Waals surface area (Å²) >= 11 is 0. The van der Waals surface area contributed by atoms with E-state index in [0.717, 1.165) is 5.56 Å². The van der Waals surface area contributed by atoms with Crippen molar-refractivity contribution in [1.29, 1.82) is 0 Å². The maximum absolute atomic E-state index is 13.6. The normalized spacial score (nSPS) is 11.3. The molecule has 0 aliphatic carbocycles. The van der Waals surface area contributed by atoms with E-state index in [1.165, 1.54) is 45.6 Å². The number of benzene rings is 3. The molecule has 3 aromatic carbocycles. The highest BCUT2D eigenvalue weighted by Crippen LogP contribution is 2.50. The second-order valence-corrected chi connectivity index (χ2v) is 9.18. The molecule has 4 aromatic rings. The van der Waals surface area contributed by atoms with Gasteiger partial charge in [-0.1, -0.05) is 17.7 Å². The first-order valence-corrected chi connectivity index (χ1v) is 11.9. The second kappa shape index (κ2) is 9.34. The first-order valence-electron chi connectivity index (χ1n) is 10.4. The molecule has 0 saturated carbocycles. The fourth-order valence-corrected chi connectivity index (χ4v) is 4.51. The summed E-state index contributed by atoms with van der Waals surface area (Å²) in [6.07, 6.45) is 0.